The molecule has 0 aliphatic rings. The smallest absolute Gasteiger partial charge is 0 e. The zero-order valence-corrected chi connectivity index (χ0v) is 15.7. The van der Waals surface area contributed by atoms with Gasteiger partial charge >= 0.3 is 0 Å². The Morgan fingerprint density at radius 1 is 0.684 bits per heavy atom. The van der Waals surface area contributed by atoms with Crippen LogP contribution in [0.1, 0.15) is 79.1 Å². The number of hydrogen-bond donors (Lipinski definition) is 0. The second-order valence-corrected chi connectivity index (χ2v) is 5.24. The molecule has 0 aliphatic heterocycles. The van der Waals surface area contributed by atoms with E-state index in [0.717, 1.165) is 0 Å². The molecule has 0 saturated heterocycles. The predicted octanol–water partition coefficient (Wildman–Crippen LogP) is 6.51. The Morgan fingerprint density at radius 3 is 1.16 bits per heavy atom. The summed E-state index contributed by atoms with van der Waals surface area (Å²) in [6.45, 7) is 10.0. The van der Waals surface area contributed by atoms with Gasteiger partial charge in [-0.3, -0.25) is 0 Å². The van der Waals surface area contributed by atoms with Gasteiger partial charge in [-0.2, -0.15) is 0 Å². The second kappa shape index (κ2) is 21.0. The van der Waals surface area contributed by atoms with E-state index in [1.54, 1.807) is 0 Å². The third-order valence-corrected chi connectivity index (χ3v) is 3.66. The van der Waals surface area contributed by atoms with Crippen molar-refractivity contribution in [3.8, 4) is 0 Å². The molecular weight excluding hydrogens is 417 g/mol. The fourth-order valence-corrected chi connectivity index (χ4v) is 1.89. The summed E-state index contributed by atoms with van der Waals surface area (Å²) < 4.78 is 0. The van der Waals surface area contributed by atoms with Gasteiger partial charge in [-0.25, -0.2) is 0 Å². The quantitative estimate of drug-likeness (QED) is 0.339. The van der Waals surface area contributed by atoms with E-state index in [4.69, 9.17) is 11.5 Å². The standard InChI is InChI=1S/2C8H18N.Au/c2*1-3-5-6-8(4-2)7-9;/h2*8-9H,3-7H2,1-2H3;/q2*-1;. The molecule has 0 aromatic rings. The van der Waals surface area contributed by atoms with E-state index < -0.39 is 0 Å². The summed E-state index contributed by atoms with van der Waals surface area (Å²) in [5.74, 6) is 1.34. The van der Waals surface area contributed by atoms with Crippen LogP contribution in [0.2, 0.25) is 0 Å². The molecule has 2 nitrogen and oxygen atoms in total. The van der Waals surface area contributed by atoms with Crippen LogP contribution in [-0.4, -0.2) is 13.1 Å². The SMILES string of the molecule is CCCCC(CC)C[NH-].CCCCC(CC)C[NH-].[Au]. The Bertz CT molecular complexity index is 119. The molecule has 0 aromatic heterocycles. The molecule has 1 radical (unpaired) electrons. The fourth-order valence-electron chi connectivity index (χ4n) is 1.89. The molecule has 2 unspecified atom stereocenters. The molecule has 3 heteroatoms. The van der Waals surface area contributed by atoms with E-state index in [1.165, 1.54) is 51.4 Å². The van der Waals surface area contributed by atoms with Crippen LogP contribution in [-0.2, 0) is 22.4 Å². The summed E-state index contributed by atoms with van der Waals surface area (Å²) in [4.78, 5) is 0. The minimum absolute atomic E-state index is 0. The van der Waals surface area contributed by atoms with Crippen molar-refractivity contribution in [2.24, 2.45) is 11.8 Å². The summed E-state index contributed by atoms with van der Waals surface area (Å²) in [7, 11) is 0. The Morgan fingerprint density at radius 2 is 1.00 bits per heavy atom. The predicted molar refractivity (Wildman–Crippen MR) is 85.0 cm³/mol. The van der Waals surface area contributed by atoms with Crippen LogP contribution < -0.4 is 0 Å². The number of nitrogens with one attached hydrogen (secondary N) is 2. The maximum absolute atomic E-state index is 7.14. The number of unbranched alkanes of at least 4 members (excludes halogenated alkanes) is 2. The van der Waals surface area contributed by atoms with E-state index >= 15 is 0 Å². The number of hydrogen-bond acceptors (Lipinski definition) is 0. The van der Waals surface area contributed by atoms with Gasteiger partial charge in [-0.1, -0.05) is 90.9 Å². The summed E-state index contributed by atoms with van der Waals surface area (Å²) in [5, 5.41) is 0. The van der Waals surface area contributed by atoms with Crippen molar-refractivity contribution in [2.45, 2.75) is 79.1 Å². The zero-order valence-electron chi connectivity index (χ0n) is 13.5. The first-order valence-corrected chi connectivity index (χ1v) is 7.99. The van der Waals surface area contributed by atoms with Crippen LogP contribution in [0.5, 0.6) is 0 Å². The first-order valence-electron chi connectivity index (χ1n) is 7.99. The monoisotopic (exact) mass is 453 g/mol. The third kappa shape index (κ3) is 18.7. The van der Waals surface area contributed by atoms with Crippen LogP contribution in [0.4, 0.5) is 0 Å². The van der Waals surface area contributed by atoms with Crippen LogP contribution >= 0.6 is 0 Å². The minimum Gasteiger partial charge on any atom is -0.677 e. The normalized spacial score (nSPS) is 12.9. The molecule has 0 rings (SSSR count). The largest absolute Gasteiger partial charge is 0.677 e. The van der Waals surface area contributed by atoms with Crippen LogP contribution in [0.15, 0.2) is 0 Å². The maximum atomic E-state index is 7.14. The molecule has 0 spiro atoms. The first kappa shape index (κ1) is 24.7. The molecule has 0 bridgehead atoms. The average molecular weight is 453 g/mol. The van der Waals surface area contributed by atoms with Crippen molar-refractivity contribution < 1.29 is 22.4 Å². The van der Waals surface area contributed by atoms with Crippen LogP contribution in [0.25, 0.3) is 11.5 Å². The molecule has 2 N–H and O–H groups in total. The van der Waals surface area contributed by atoms with Crippen molar-refractivity contribution in [1.82, 2.24) is 0 Å². The summed E-state index contributed by atoms with van der Waals surface area (Å²) in [5.41, 5.74) is 14.3. The summed E-state index contributed by atoms with van der Waals surface area (Å²) >= 11 is 0. The third-order valence-electron chi connectivity index (χ3n) is 3.66. The van der Waals surface area contributed by atoms with E-state index in [2.05, 4.69) is 27.7 Å². The van der Waals surface area contributed by atoms with Gasteiger partial charge in [-0.05, 0) is 0 Å². The fraction of sp³-hybridized carbons (Fsp3) is 1.00. The van der Waals surface area contributed by atoms with Crippen molar-refractivity contribution in [1.29, 1.82) is 0 Å². The van der Waals surface area contributed by atoms with Crippen molar-refractivity contribution in [2.75, 3.05) is 13.1 Å². The number of rotatable bonds is 10. The first-order chi connectivity index (χ1) is 8.69. The van der Waals surface area contributed by atoms with Gasteiger partial charge in [0.1, 0.15) is 0 Å². The van der Waals surface area contributed by atoms with Crippen LogP contribution in [0, 0.1) is 11.8 Å². The van der Waals surface area contributed by atoms with E-state index in [9.17, 15) is 0 Å². The zero-order chi connectivity index (χ0) is 14.2. The molecular formula is C16H36AuN2-2. The second-order valence-electron chi connectivity index (χ2n) is 5.24. The van der Waals surface area contributed by atoms with Gasteiger partial charge in [0, 0.05) is 22.4 Å². The van der Waals surface area contributed by atoms with E-state index in [1.807, 2.05) is 0 Å². The van der Waals surface area contributed by atoms with Crippen molar-refractivity contribution in [3.63, 3.8) is 0 Å². The van der Waals surface area contributed by atoms with Crippen molar-refractivity contribution >= 4 is 0 Å². The summed E-state index contributed by atoms with van der Waals surface area (Å²) in [6, 6.07) is 0. The molecule has 0 aromatic carbocycles. The Kier molecular flexibility index (Phi) is 27.2. The summed E-state index contributed by atoms with van der Waals surface area (Å²) in [6.07, 6.45) is 10.0. The molecule has 0 fully saturated rings. The Labute approximate surface area is 138 Å². The molecule has 19 heavy (non-hydrogen) atoms. The maximum Gasteiger partial charge on any atom is 0 e. The Hall–Kier alpha value is 0.660. The van der Waals surface area contributed by atoms with Gasteiger partial charge < -0.3 is 11.5 Å². The molecule has 2 atom stereocenters. The molecule has 123 valence electrons. The topological polar surface area (TPSA) is 47.6 Å². The van der Waals surface area contributed by atoms with Gasteiger partial charge in [0.2, 0.25) is 0 Å². The average Bonchev–Trinajstić information content (AvgIpc) is 2.42. The molecule has 0 amide bonds. The van der Waals surface area contributed by atoms with Gasteiger partial charge in [-0.15, -0.1) is 13.1 Å². The van der Waals surface area contributed by atoms with Gasteiger partial charge in [0.25, 0.3) is 0 Å². The van der Waals surface area contributed by atoms with E-state index in [0.29, 0.717) is 24.9 Å². The van der Waals surface area contributed by atoms with Gasteiger partial charge in [0.15, 0.2) is 0 Å². The molecule has 0 aliphatic carbocycles. The van der Waals surface area contributed by atoms with E-state index in [-0.39, 0.29) is 22.4 Å². The minimum atomic E-state index is 0. The molecule has 0 heterocycles. The molecule has 0 saturated carbocycles. The van der Waals surface area contributed by atoms with Gasteiger partial charge in [0.05, 0.1) is 0 Å². The Balaban J connectivity index is -0.000000256. The van der Waals surface area contributed by atoms with Crippen molar-refractivity contribution in [3.05, 3.63) is 11.5 Å². The van der Waals surface area contributed by atoms with Crippen LogP contribution in [0.3, 0.4) is 0 Å².